The van der Waals surface area contributed by atoms with E-state index in [0.717, 1.165) is 68.4 Å². The van der Waals surface area contributed by atoms with Crippen LogP contribution in [0.25, 0.3) is 0 Å². The van der Waals surface area contributed by atoms with Gasteiger partial charge < -0.3 is 19.1 Å². The Morgan fingerprint density at radius 2 is 1.77 bits per heavy atom. The molecule has 2 aromatic rings. The Morgan fingerprint density at radius 3 is 2.57 bits per heavy atom. The highest BCUT2D eigenvalue weighted by molar-refractivity contribution is 5.76. The van der Waals surface area contributed by atoms with Gasteiger partial charge in [0.1, 0.15) is 5.75 Å². The minimum absolute atomic E-state index is 0.221. The number of carbonyl (C=O) groups is 1. The van der Waals surface area contributed by atoms with Crippen molar-refractivity contribution in [2.24, 2.45) is 0 Å². The molecule has 4 rings (SSSR count). The van der Waals surface area contributed by atoms with E-state index < -0.39 is 0 Å². The molecule has 0 bridgehead atoms. The maximum absolute atomic E-state index is 12.7. The molecule has 0 aromatic heterocycles. The van der Waals surface area contributed by atoms with Crippen LogP contribution in [-0.2, 0) is 17.8 Å². The lowest BCUT2D eigenvalue weighted by Gasteiger charge is -2.35. The van der Waals surface area contributed by atoms with E-state index in [1.54, 1.807) is 7.11 Å². The number of aryl methyl sites for hydroxylation is 1. The highest BCUT2D eigenvalue weighted by atomic mass is 16.5. The topological polar surface area (TPSA) is 51.2 Å². The van der Waals surface area contributed by atoms with Crippen LogP contribution in [-0.4, -0.2) is 62.2 Å². The lowest BCUT2D eigenvalue weighted by atomic mass is 10.1. The quantitative estimate of drug-likeness (QED) is 0.732. The Bertz CT molecular complexity index is 862. The minimum atomic E-state index is 0.221. The van der Waals surface area contributed by atoms with Gasteiger partial charge in [-0.2, -0.15) is 0 Å². The second kappa shape index (κ2) is 9.85. The van der Waals surface area contributed by atoms with Gasteiger partial charge in [-0.1, -0.05) is 24.3 Å². The number of carbonyl (C=O) groups excluding carboxylic acids is 1. The molecule has 2 aliphatic heterocycles. The zero-order valence-corrected chi connectivity index (χ0v) is 17.6. The summed E-state index contributed by atoms with van der Waals surface area (Å²) in [5.41, 5.74) is 2.30. The first-order chi connectivity index (χ1) is 14.7. The fourth-order valence-corrected chi connectivity index (χ4v) is 4.00. The van der Waals surface area contributed by atoms with E-state index in [1.807, 2.05) is 41.3 Å². The lowest BCUT2D eigenvalue weighted by Crippen LogP contribution is -2.48. The van der Waals surface area contributed by atoms with Gasteiger partial charge in [0.25, 0.3) is 0 Å². The van der Waals surface area contributed by atoms with Crippen LogP contribution < -0.4 is 14.2 Å². The molecular formula is C24H30N2O4. The van der Waals surface area contributed by atoms with Crippen molar-refractivity contribution >= 4 is 5.91 Å². The number of benzene rings is 2. The molecule has 30 heavy (non-hydrogen) atoms. The molecule has 6 nitrogen and oxygen atoms in total. The third-order valence-corrected chi connectivity index (χ3v) is 5.75. The van der Waals surface area contributed by atoms with E-state index in [-0.39, 0.29) is 5.91 Å². The Kier molecular flexibility index (Phi) is 6.74. The van der Waals surface area contributed by atoms with Crippen LogP contribution in [0, 0.1) is 0 Å². The van der Waals surface area contributed by atoms with Gasteiger partial charge >= 0.3 is 0 Å². The first-order valence-corrected chi connectivity index (χ1v) is 10.7. The number of piperazine rings is 1. The van der Waals surface area contributed by atoms with Crippen molar-refractivity contribution in [1.82, 2.24) is 9.80 Å². The van der Waals surface area contributed by atoms with Crippen molar-refractivity contribution in [1.29, 1.82) is 0 Å². The van der Waals surface area contributed by atoms with E-state index in [9.17, 15) is 4.79 Å². The summed E-state index contributed by atoms with van der Waals surface area (Å²) in [6.45, 7) is 5.53. The fraction of sp³-hybridized carbons (Fsp3) is 0.458. The molecule has 6 heteroatoms. The van der Waals surface area contributed by atoms with Gasteiger partial charge in [-0.15, -0.1) is 0 Å². The molecule has 1 fully saturated rings. The highest BCUT2D eigenvalue weighted by Crippen LogP contribution is 2.30. The normalized spacial score (nSPS) is 16.8. The van der Waals surface area contributed by atoms with Crippen molar-refractivity contribution in [2.75, 3.05) is 46.5 Å². The van der Waals surface area contributed by atoms with Crippen molar-refractivity contribution in [2.45, 2.75) is 25.8 Å². The fourth-order valence-electron chi connectivity index (χ4n) is 4.00. The number of fused-ring (bicyclic) bond motifs is 1. The monoisotopic (exact) mass is 410 g/mol. The average molecular weight is 411 g/mol. The van der Waals surface area contributed by atoms with Crippen molar-refractivity contribution in [3.8, 4) is 17.2 Å². The van der Waals surface area contributed by atoms with E-state index >= 15 is 0 Å². The van der Waals surface area contributed by atoms with Gasteiger partial charge in [-0.3, -0.25) is 9.69 Å². The largest absolute Gasteiger partial charge is 0.496 e. The number of methoxy groups -OCH3 is 1. The number of nitrogens with zero attached hydrogens (tertiary/aromatic N) is 2. The van der Waals surface area contributed by atoms with Gasteiger partial charge in [0.15, 0.2) is 11.5 Å². The maximum Gasteiger partial charge on any atom is 0.222 e. The van der Waals surface area contributed by atoms with Crippen LogP contribution in [0.3, 0.4) is 0 Å². The molecule has 1 amide bonds. The summed E-state index contributed by atoms with van der Waals surface area (Å²) in [5.74, 6) is 2.74. The SMILES string of the molecule is COc1ccccc1CN1CCN(C(=O)CCc2ccc3c(c2)OCCCO3)CC1. The summed E-state index contributed by atoms with van der Waals surface area (Å²) < 4.78 is 16.9. The molecular weight excluding hydrogens is 380 g/mol. The Labute approximate surface area is 178 Å². The van der Waals surface area contributed by atoms with Gasteiger partial charge in [0, 0.05) is 51.1 Å². The number of hydrogen-bond acceptors (Lipinski definition) is 5. The van der Waals surface area contributed by atoms with Crippen molar-refractivity contribution < 1.29 is 19.0 Å². The molecule has 2 aliphatic rings. The third-order valence-electron chi connectivity index (χ3n) is 5.75. The number of para-hydroxylation sites is 1. The molecule has 0 saturated carbocycles. The molecule has 0 N–H and O–H groups in total. The van der Waals surface area contributed by atoms with Crippen molar-refractivity contribution in [3.05, 3.63) is 53.6 Å². The van der Waals surface area contributed by atoms with Crippen LogP contribution in [0.1, 0.15) is 24.0 Å². The lowest BCUT2D eigenvalue weighted by molar-refractivity contribution is -0.133. The van der Waals surface area contributed by atoms with Crippen molar-refractivity contribution in [3.63, 3.8) is 0 Å². The number of rotatable bonds is 6. The summed E-state index contributed by atoms with van der Waals surface area (Å²) >= 11 is 0. The second-order valence-corrected chi connectivity index (χ2v) is 7.80. The predicted octanol–water partition coefficient (Wildman–Crippen LogP) is 3.13. The van der Waals surface area contributed by atoms with Crippen LogP contribution >= 0.6 is 0 Å². The molecule has 0 aliphatic carbocycles. The van der Waals surface area contributed by atoms with E-state index in [2.05, 4.69) is 11.0 Å². The molecule has 0 spiro atoms. The average Bonchev–Trinajstić information content (AvgIpc) is 3.03. The predicted molar refractivity (Wildman–Crippen MR) is 115 cm³/mol. The minimum Gasteiger partial charge on any atom is -0.496 e. The van der Waals surface area contributed by atoms with Crippen LogP contribution in [0.5, 0.6) is 17.2 Å². The van der Waals surface area contributed by atoms with Gasteiger partial charge in [-0.25, -0.2) is 0 Å². The smallest absolute Gasteiger partial charge is 0.222 e. The summed E-state index contributed by atoms with van der Waals surface area (Å²) in [5, 5.41) is 0. The zero-order chi connectivity index (χ0) is 20.8. The molecule has 1 saturated heterocycles. The van der Waals surface area contributed by atoms with Crippen LogP contribution in [0.2, 0.25) is 0 Å². The molecule has 2 aromatic carbocycles. The highest BCUT2D eigenvalue weighted by Gasteiger charge is 2.22. The first-order valence-electron chi connectivity index (χ1n) is 10.7. The third kappa shape index (κ3) is 5.05. The van der Waals surface area contributed by atoms with Crippen LogP contribution in [0.4, 0.5) is 0 Å². The summed E-state index contributed by atoms with van der Waals surface area (Å²) in [7, 11) is 1.71. The van der Waals surface area contributed by atoms with Gasteiger partial charge in [-0.05, 0) is 30.2 Å². The summed E-state index contributed by atoms with van der Waals surface area (Å²) in [6, 6.07) is 14.1. The van der Waals surface area contributed by atoms with Gasteiger partial charge in [0.2, 0.25) is 5.91 Å². The molecule has 2 heterocycles. The maximum atomic E-state index is 12.7. The molecule has 0 radical (unpaired) electrons. The molecule has 0 atom stereocenters. The number of hydrogen-bond donors (Lipinski definition) is 0. The standard InChI is InChI=1S/C24H30N2O4/c1-28-21-6-3-2-5-20(21)18-25-11-13-26(14-12-25)24(27)10-8-19-7-9-22-23(17-19)30-16-4-15-29-22/h2-3,5-7,9,17H,4,8,10-16,18H2,1H3. The second-order valence-electron chi connectivity index (χ2n) is 7.80. The Hall–Kier alpha value is -2.73. The van der Waals surface area contributed by atoms with E-state index in [1.165, 1.54) is 5.56 Å². The first kappa shape index (κ1) is 20.5. The Balaban J connectivity index is 1.25. The summed E-state index contributed by atoms with van der Waals surface area (Å²) in [4.78, 5) is 17.1. The summed E-state index contributed by atoms with van der Waals surface area (Å²) in [6.07, 6.45) is 2.13. The number of amides is 1. The van der Waals surface area contributed by atoms with Crippen LogP contribution in [0.15, 0.2) is 42.5 Å². The van der Waals surface area contributed by atoms with Gasteiger partial charge in [0.05, 0.1) is 20.3 Å². The molecule has 0 unspecified atom stereocenters. The Morgan fingerprint density at radius 1 is 1.00 bits per heavy atom. The number of ether oxygens (including phenoxy) is 3. The zero-order valence-electron chi connectivity index (χ0n) is 17.6. The van der Waals surface area contributed by atoms with E-state index in [4.69, 9.17) is 14.2 Å². The van der Waals surface area contributed by atoms with E-state index in [0.29, 0.717) is 19.6 Å². The molecule has 160 valence electrons.